The summed E-state index contributed by atoms with van der Waals surface area (Å²) >= 11 is 5.91. The Morgan fingerprint density at radius 1 is 1.59 bits per heavy atom. The maximum atomic E-state index is 10.5. The highest BCUT2D eigenvalue weighted by Crippen LogP contribution is 2.28. The average molecular weight is 256 g/mol. The van der Waals surface area contributed by atoms with Crippen LogP contribution in [0, 0.1) is 0 Å². The number of ether oxygens (including phenoxy) is 1. The lowest BCUT2D eigenvalue weighted by atomic mass is 10.1. The summed E-state index contributed by atoms with van der Waals surface area (Å²) in [5.41, 5.74) is 0.792. The second-order valence-corrected chi connectivity index (χ2v) is 3.79. The van der Waals surface area contributed by atoms with Gasteiger partial charge in [-0.05, 0) is 25.2 Å². The summed E-state index contributed by atoms with van der Waals surface area (Å²) in [5, 5.41) is 12.2. The largest absolute Gasteiger partial charge is 0.496 e. The maximum absolute atomic E-state index is 10.5. The number of carboxylic acids is 1. The van der Waals surface area contributed by atoms with Crippen molar-refractivity contribution in [2.24, 2.45) is 0 Å². The molecule has 1 aromatic rings. The minimum atomic E-state index is -0.994. The fraction of sp³-hybridized carbons (Fsp3) is 0.250. The van der Waals surface area contributed by atoms with Gasteiger partial charge in [0.15, 0.2) is 0 Å². The highest BCUT2D eigenvalue weighted by molar-refractivity contribution is 6.30. The zero-order valence-corrected chi connectivity index (χ0v) is 10.4. The molecule has 4 nitrogen and oxygen atoms in total. The quantitative estimate of drug-likeness (QED) is 0.793. The molecule has 1 atom stereocenters. The van der Waals surface area contributed by atoms with Crippen LogP contribution in [-0.2, 0) is 4.79 Å². The first kappa shape index (κ1) is 13.5. The predicted molar refractivity (Wildman–Crippen MR) is 66.6 cm³/mol. The molecule has 0 aliphatic heterocycles. The molecule has 0 spiro atoms. The van der Waals surface area contributed by atoms with Crippen molar-refractivity contribution in [3.63, 3.8) is 0 Å². The number of hydrogen-bond acceptors (Lipinski definition) is 3. The number of hydrogen-bond donors (Lipinski definition) is 2. The van der Waals surface area contributed by atoms with E-state index >= 15 is 0 Å². The molecule has 17 heavy (non-hydrogen) atoms. The molecule has 0 aliphatic carbocycles. The fourth-order valence-electron chi connectivity index (χ4n) is 1.48. The average Bonchev–Trinajstić information content (AvgIpc) is 2.30. The van der Waals surface area contributed by atoms with Crippen molar-refractivity contribution in [1.29, 1.82) is 0 Å². The first-order valence-corrected chi connectivity index (χ1v) is 5.38. The van der Waals surface area contributed by atoms with Gasteiger partial charge in [-0.1, -0.05) is 17.7 Å². The van der Waals surface area contributed by atoms with E-state index in [0.717, 1.165) is 11.6 Å². The molecule has 0 radical (unpaired) electrons. The third kappa shape index (κ3) is 3.76. The number of carboxylic acid groups (broad SMARTS) is 1. The van der Waals surface area contributed by atoms with E-state index < -0.39 is 5.97 Å². The zero-order chi connectivity index (χ0) is 12.8. The van der Waals surface area contributed by atoms with Crippen molar-refractivity contribution in [3.8, 4) is 5.75 Å². The van der Waals surface area contributed by atoms with Gasteiger partial charge >= 0.3 is 5.97 Å². The van der Waals surface area contributed by atoms with Crippen molar-refractivity contribution >= 4 is 17.6 Å². The minimum Gasteiger partial charge on any atom is -0.496 e. The number of methoxy groups -OCH3 is 1. The predicted octanol–water partition coefficient (Wildman–Crippen LogP) is 2.25. The molecule has 1 rings (SSSR count). The molecule has 0 saturated heterocycles. The van der Waals surface area contributed by atoms with Crippen LogP contribution >= 0.6 is 11.6 Å². The lowest BCUT2D eigenvalue weighted by Crippen LogP contribution is -2.15. The van der Waals surface area contributed by atoms with Crippen molar-refractivity contribution in [1.82, 2.24) is 5.32 Å². The maximum Gasteiger partial charge on any atom is 0.328 e. The van der Waals surface area contributed by atoms with Gasteiger partial charge in [0.1, 0.15) is 5.75 Å². The number of benzene rings is 1. The van der Waals surface area contributed by atoms with Gasteiger partial charge in [-0.3, -0.25) is 0 Å². The fourth-order valence-corrected chi connectivity index (χ4v) is 1.66. The van der Waals surface area contributed by atoms with E-state index in [9.17, 15) is 4.79 Å². The van der Waals surface area contributed by atoms with E-state index in [1.165, 1.54) is 6.08 Å². The number of aliphatic carboxylic acids is 1. The van der Waals surface area contributed by atoms with Gasteiger partial charge in [0, 0.05) is 16.7 Å². The van der Waals surface area contributed by atoms with E-state index in [-0.39, 0.29) is 6.04 Å². The summed E-state index contributed by atoms with van der Waals surface area (Å²) in [4.78, 5) is 10.5. The van der Waals surface area contributed by atoms with Crippen molar-refractivity contribution in [2.75, 3.05) is 14.2 Å². The van der Waals surface area contributed by atoms with Crippen LogP contribution in [0.1, 0.15) is 11.6 Å². The van der Waals surface area contributed by atoms with Gasteiger partial charge in [0.25, 0.3) is 0 Å². The monoisotopic (exact) mass is 255 g/mol. The van der Waals surface area contributed by atoms with Crippen LogP contribution in [0.4, 0.5) is 0 Å². The number of rotatable bonds is 5. The molecule has 0 heterocycles. The Bertz CT molecular complexity index is 432. The first-order valence-electron chi connectivity index (χ1n) is 5.00. The van der Waals surface area contributed by atoms with Gasteiger partial charge in [-0.2, -0.15) is 0 Å². The Kier molecular flexibility index (Phi) is 5.00. The van der Waals surface area contributed by atoms with E-state index in [0.29, 0.717) is 10.8 Å². The third-order valence-corrected chi connectivity index (χ3v) is 2.50. The Morgan fingerprint density at radius 3 is 2.82 bits per heavy atom. The zero-order valence-electron chi connectivity index (χ0n) is 9.61. The number of halogens is 1. The smallest absolute Gasteiger partial charge is 0.328 e. The lowest BCUT2D eigenvalue weighted by Gasteiger charge is -2.16. The molecule has 1 aromatic carbocycles. The lowest BCUT2D eigenvalue weighted by molar-refractivity contribution is -0.131. The Balaban J connectivity index is 3.09. The van der Waals surface area contributed by atoms with Crippen LogP contribution in [0.25, 0.3) is 0 Å². The first-order chi connectivity index (χ1) is 8.08. The van der Waals surface area contributed by atoms with Gasteiger partial charge in [-0.15, -0.1) is 0 Å². The van der Waals surface area contributed by atoms with E-state index in [1.807, 2.05) is 0 Å². The molecule has 0 amide bonds. The van der Waals surface area contributed by atoms with E-state index in [4.69, 9.17) is 21.4 Å². The van der Waals surface area contributed by atoms with Crippen LogP contribution in [0.15, 0.2) is 30.4 Å². The molecular formula is C12H14ClNO3. The van der Waals surface area contributed by atoms with Crippen molar-refractivity contribution < 1.29 is 14.6 Å². The summed E-state index contributed by atoms with van der Waals surface area (Å²) in [6.45, 7) is 0. The molecule has 0 aliphatic rings. The molecule has 5 heteroatoms. The van der Waals surface area contributed by atoms with Crippen LogP contribution in [0.5, 0.6) is 5.75 Å². The van der Waals surface area contributed by atoms with Gasteiger partial charge in [0.2, 0.25) is 0 Å². The van der Waals surface area contributed by atoms with Gasteiger partial charge in [-0.25, -0.2) is 4.79 Å². The van der Waals surface area contributed by atoms with Crippen LogP contribution < -0.4 is 10.1 Å². The Labute approximate surface area is 105 Å². The van der Waals surface area contributed by atoms with Gasteiger partial charge in [0.05, 0.1) is 13.2 Å². The molecule has 0 bridgehead atoms. The summed E-state index contributed by atoms with van der Waals surface area (Å²) < 4.78 is 5.21. The van der Waals surface area contributed by atoms with Crippen molar-refractivity contribution in [2.45, 2.75) is 6.04 Å². The molecule has 0 aromatic heterocycles. The van der Waals surface area contributed by atoms with Crippen molar-refractivity contribution in [3.05, 3.63) is 40.9 Å². The highest BCUT2D eigenvalue weighted by atomic mass is 35.5. The van der Waals surface area contributed by atoms with E-state index in [1.54, 1.807) is 32.4 Å². The summed E-state index contributed by atoms with van der Waals surface area (Å²) in [6.07, 6.45) is 2.62. The Morgan fingerprint density at radius 2 is 2.29 bits per heavy atom. The second-order valence-electron chi connectivity index (χ2n) is 3.35. The minimum absolute atomic E-state index is 0.264. The SMILES string of the molecule is CNC(/C=C/C(=O)O)c1cc(Cl)ccc1OC. The molecule has 92 valence electrons. The van der Waals surface area contributed by atoms with Gasteiger partial charge < -0.3 is 15.2 Å². The van der Waals surface area contributed by atoms with Crippen LogP contribution in [0.2, 0.25) is 5.02 Å². The Hall–Kier alpha value is -1.52. The summed E-state index contributed by atoms with van der Waals surface area (Å²) in [6, 6.07) is 4.95. The van der Waals surface area contributed by atoms with Crippen LogP contribution in [0.3, 0.4) is 0 Å². The summed E-state index contributed by atoms with van der Waals surface area (Å²) in [5.74, 6) is -0.338. The molecular weight excluding hydrogens is 242 g/mol. The molecule has 1 unspecified atom stereocenters. The standard InChI is InChI=1S/C12H14ClNO3/c1-14-10(4-6-12(15)16)9-7-8(13)3-5-11(9)17-2/h3-7,10,14H,1-2H3,(H,15,16)/b6-4+. The highest BCUT2D eigenvalue weighted by Gasteiger charge is 2.12. The normalized spacial score (nSPS) is 12.6. The number of likely N-dealkylation sites (N-methyl/N-ethyl adjacent to an activating group) is 1. The number of carbonyl (C=O) groups is 1. The molecule has 2 N–H and O–H groups in total. The number of nitrogens with one attached hydrogen (secondary N) is 1. The second kappa shape index (κ2) is 6.27. The molecule has 0 fully saturated rings. The third-order valence-electron chi connectivity index (χ3n) is 2.27. The van der Waals surface area contributed by atoms with Crippen LogP contribution in [-0.4, -0.2) is 25.2 Å². The summed E-state index contributed by atoms with van der Waals surface area (Å²) in [7, 11) is 3.29. The van der Waals surface area contributed by atoms with E-state index in [2.05, 4.69) is 5.32 Å². The topological polar surface area (TPSA) is 58.6 Å². The molecule has 0 saturated carbocycles.